The summed E-state index contributed by atoms with van der Waals surface area (Å²) in [5.74, 6) is -0.431. The van der Waals surface area contributed by atoms with Crippen molar-refractivity contribution in [1.82, 2.24) is 14.4 Å². The third-order valence-corrected chi connectivity index (χ3v) is 9.06. The molecule has 1 aliphatic rings. The molecular weight excluding hydrogens is 512 g/mol. The van der Waals surface area contributed by atoms with Gasteiger partial charge < -0.3 is 19.3 Å². The van der Waals surface area contributed by atoms with E-state index in [9.17, 15) is 26.7 Å². The van der Waals surface area contributed by atoms with Crippen LogP contribution in [0, 0.1) is 19.8 Å². The Kier molecular flexibility index (Phi) is 8.03. The Bertz CT molecular complexity index is 1320. The molecule has 1 amide bonds. The molecule has 1 aromatic carbocycles. The zero-order valence-electron chi connectivity index (χ0n) is 21.0. The molecule has 0 unspecified atom stereocenters. The molecule has 1 aliphatic heterocycles. The van der Waals surface area contributed by atoms with Crippen molar-refractivity contribution in [1.29, 1.82) is 0 Å². The Hall–Kier alpha value is -2.68. The smallest absolute Gasteiger partial charge is 0.267 e. The largest absolute Gasteiger partial charge is 0.488 e. The fourth-order valence-corrected chi connectivity index (χ4v) is 5.76. The summed E-state index contributed by atoms with van der Waals surface area (Å²) in [6.07, 6.45) is 0.477. The Morgan fingerprint density at radius 3 is 2.50 bits per heavy atom. The van der Waals surface area contributed by atoms with Crippen molar-refractivity contribution in [3.63, 3.8) is 0 Å². The summed E-state index contributed by atoms with van der Waals surface area (Å²) in [5.41, 5.74) is 0.384. The number of fused-ring (bicyclic) bond motifs is 1. The maximum atomic E-state index is 13.5. The number of aromatic nitrogens is 1. The van der Waals surface area contributed by atoms with Gasteiger partial charge in [0.2, 0.25) is 10.0 Å². The van der Waals surface area contributed by atoms with Gasteiger partial charge in [0, 0.05) is 25.2 Å². The molecule has 2 aromatic rings. The van der Waals surface area contributed by atoms with Crippen molar-refractivity contribution in [3.8, 4) is 5.75 Å². The minimum absolute atomic E-state index is 0.0371. The third-order valence-electron chi connectivity index (χ3n) is 6.16. The highest BCUT2D eigenvalue weighted by atomic mass is 32.2. The van der Waals surface area contributed by atoms with Crippen molar-refractivity contribution < 1.29 is 36.0 Å². The van der Waals surface area contributed by atoms with E-state index in [1.54, 1.807) is 6.92 Å². The molecular formula is C22H32N4O8S2. The Morgan fingerprint density at radius 1 is 1.28 bits per heavy atom. The van der Waals surface area contributed by atoms with Crippen LogP contribution in [0.25, 0.3) is 0 Å². The number of nitrogens with zero attached hydrogens (tertiary/aromatic N) is 3. The number of aryl methyl sites for hydroxylation is 2. The van der Waals surface area contributed by atoms with Gasteiger partial charge in [-0.05, 0) is 39.0 Å². The van der Waals surface area contributed by atoms with E-state index in [1.165, 1.54) is 48.3 Å². The molecule has 3 atom stereocenters. The number of amides is 1. The molecule has 0 bridgehead atoms. The molecule has 0 fully saturated rings. The lowest BCUT2D eigenvalue weighted by Crippen LogP contribution is -2.50. The van der Waals surface area contributed by atoms with Crippen LogP contribution in [0.4, 0.5) is 5.69 Å². The van der Waals surface area contributed by atoms with E-state index in [4.69, 9.17) is 9.26 Å². The summed E-state index contributed by atoms with van der Waals surface area (Å²) < 4.78 is 64.7. The van der Waals surface area contributed by atoms with Crippen molar-refractivity contribution in [2.75, 3.05) is 37.7 Å². The fourth-order valence-electron chi connectivity index (χ4n) is 3.96. The highest BCUT2D eigenvalue weighted by Gasteiger charge is 2.35. The highest BCUT2D eigenvalue weighted by Crippen LogP contribution is 2.32. The number of anilines is 1. The van der Waals surface area contributed by atoms with Crippen LogP contribution in [-0.2, 0) is 20.0 Å². The van der Waals surface area contributed by atoms with Crippen LogP contribution in [0.15, 0.2) is 27.6 Å². The number of hydrogen-bond acceptors (Lipinski definition) is 9. The highest BCUT2D eigenvalue weighted by molar-refractivity contribution is 7.92. The molecule has 1 aromatic heterocycles. The van der Waals surface area contributed by atoms with Crippen LogP contribution in [0.1, 0.15) is 35.7 Å². The number of sulfonamides is 2. The van der Waals surface area contributed by atoms with Gasteiger partial charge in [0.15, 0.2) is 10.7 Å². The number of likely N-dealkylation sites (N-methyl/N-ethyl adjacent to an activating group) is 1. The predicted molar refractivity (Wildman–Crippen MR) is 132 cm³/mol. The number of benzene rings is 1. The number of aliphatic hydroxyl groups is 1. The van der Waals surface area contributed by atoms with Crippen LogP contribution in [0.2, 0.25) is 0 Å². The van der Waals surface area contributed by atoms with E-state index in [-0.39, 0.29) is 59.0 Å². The van der Waals surface area contributed by atoms with Gasteiger partial charge in [-0.1, -0.05) is 12.1 Å². The quantitative estimate of drug-likeness (QED) is 0.498. The number of nitrogens with one attached hydrogen (secondary N) is 1. The van der Waals surface area contributed by atoms with Gasteiger partial charge >= 0.3 is 0 Å². The zero-order valence-corrected chi connectivity index (χ0v) is 22.7. The first-order valence-electron chi connectivity index (χ1n) is 11.2. The molecule has 36 heavy (non-hydrogen) atoms. The minimum atomic E-state index is -4.06. The third kappa shape index (κ3) is 5.82. The van der Waals surface area contributed by atoms with Crippen molar-refractivity contribution >= 4 is 31.6 Å². The Balaban J connectivity index is 2.04. The molecule has 14 heteroatoms. The summed E-state index contributed by atoms with van der Waals surface area (Å²) in [6.45, 7) is 6.45. The molecule has 0 aliphatic carbocycles. The zero-order chi connectivity index (χ0) is 27.0. The molecule has 3 rings (SSSR count). The van der Waals surface area contributed by atoms with E-state index in [0.717, 1.165) is 6.26 Å². The summed E-state index contributed by atoms with van der Waals surface area (Å²) in [6, 6.07) is 3.73. The van der Waals surface area contributed by atoms with E-state index >= 15 is 0 Å². The van der Waals surface area contributed by atoms with Crippen LogP contribution in [-0.4, -0.2) is 87.4 Å². The van der Waals surface area contributed by atoms with Gasteiger partial charge in [0.25, 0.3) is 15.9 Å². The van der Waals surface area contributed by atoms with Crippen LogP contribution >= 0.6 is 0 Å². The number of rotatable bonds is 8. The molecule has 0 spiro atoms. The Morgan fingerprint density at radius 2 is 1.94 bits per heavy atom. The summed E-state index contributed by atoms with van der Waals surface area (Å²) >= 11 is 0. The van der Waals surface area contributed by atoms with Crippen molar-refractivity contribution in [2.24, 2.45) is 5.92 Å². The van der Waals surface area contributed by atoms with Gasteiger partial charge in [0.1, 0.15) is 17.5 Å². The second kappa shape index (κ2) is 10.4. The van der Waals surface area contributed by atoms with Crippen LogP contribution < -0.4 is 9.46 Å². The summed E-state index contributed by atoms with van der Waals surface area (Å²) in [5, 5.41) is 13.4. The normalized spacial score (nSPS) is 19.9. The van der Waals surface area contributed by atoms with Crippen LogP contribution in [0.3, 0.4) is 0 Å². The molecule has 0 saturated heterocycles. The lowest BCUT2D eigenvalue weighted by molar-refractivity contribution is 0.0387. The molecule has 0 radical (unpaired) electrons. The van der Waals surface area contributed by atoms with Crippen molar-refractivity contribution in [3.05, 3.63) is 35.2 Å². The topological polar surface area (TPSA) is 159 Å². The fraction of sp³-hybridized carbons (Fsp3) is 0.545. The molecule has 0 saturated carbocycles. The van der Waals surface area contributed by atoms with Gasteiger partial charge in [-0.15, -0.1) is 0 Å². The van der Waals surface area contributed by atoms with Gasteiger partial charge in [0.05, 0.1) is 31.0 Å². The number of hydrogen-bond donors (Lipinski definition) is 2. The first kappa shape index (κ1) is 27.9. The van der Waals surface area contributed by atoms with Crippen LogP contribution in [0.5, 0.6) is 5.75 Å². The molecule has 2 heterocycles. The predicted octanol–water partition coefficient (Wildman–Crippen LogP) is 1.20. The van der Waals surface area contributed by atoms with Gasteiger partial charge in [-0.3, -0.25) is 9.52 Å². The number of ether oxygens (including phenoxy) is 1. The number of aliphatic hydroxyl groups excluding tert-OH is 1. The number of carbonyl (C=O) groups is 1. The standard InChI is InChI=1S/C22H32N4O8S2/c1-13-10-26(14(2)12-27)22(28)18-9-17(24-36(31,32)21-15(3)23-34-16(21)4)7-8-19(18)33-20(13)11-25(5)35(6,29)30/h7-9,13-14,20,24,27H,10-12H2,1-6H3/t13-,14-,20-/m1/s1. The second-order valence-corrected chi connectivity index (χ2v) is 12.8. The first-order chi connectivity index (χ1) is 16.7. The molecule has 200 valence electrons. The molecule has 2 N–H and O–H groups in total. The second-order valence-electron chi connectivity index (χ2n) is 9.14. The summed E-state index contributed by atoms with van der Waals surface area (Å²) in [7, 11) is -6.10. The lowest BCUT2D eigenvalue weighted by atomic mass is 9.99. The lowest BCUT2D eigenvalue weighted by Gasteiger charge is -2.38. The first-order valence-corrected chi connectivity index (χ1v) is 14.6. The average molecular weight is 545 g/mol. The van der Waals surface area contributed by atoms with Crippen molar-refractivity contribution in [2.45, 2.75) is 44.7 Å². The Labute approximate surface area is 211 Å². The van der Waals surface area contributed by atoms with E-state index in [1.807, 2.05) is 6.92 Å². The maximum Gasteiger partial charge on any atom is 0.267 e. The monoisotopic (exact) mass is 544 g/mol. The SMILES string of the molecule is Cc1noc(C)c1S(=O)(=O)Nc1ccc2c(c1)C(=O)N([C@H](C)CO)C[C@@H](C)[C@@H](CN(C)S(C)(=O)=O)O2. The number of carbonyl (C=O) groups excluding carboxylic acids is 1. The maximum absolute atomic E-state index is 13.5. The summed E-state index contributed by atoms with van der Waals surface area (Å²) in [4.78, 5) is 14.9. The molecule has 12 nitrogen and oxygen atoms in total. The van der Waals surface area contributed by atoms with Gasteiger partial charge in [-0.25, -0.2) is 21.1 Å². The van der Waals surface area contributed by atoms with E-state index < -0.39 is 38.1 Å². The average Bonchev–Trinajstić information content (AvgIpc) is 3.13. The van der Waals surface area contributed by atoms with Gasteiger partial charge in [-0.2, -0.15) is 0 Å². The minimum Gasteiger partial charge on any atom is -0.488 e. The van der Waals surface area contributed by atoms with E-state index in [2.05, 4.69) is 9.88 Å². The van der Waals surface area contributed by atoms with E-state index in [0.29, 0.717) is 0 Å².